The third-order valence-electron chi connectivity index (χ3n) is 4.52. The van der Waals surface area contributed by atoms with E-state index in [0.29, 0.717) is 6.54 Å². The Balaban J connectivity index is 2.00. The van der Waals surface area contributed by atoms with Crippen molar-refractivity contribution in [2.75, 3.05) is 19.7 Å². The highest BCUT2D eigenvalue weighted by atomic mass is 16.5. The Morgan fingerprint density at radius 3 is 2.23 bits per heavy atom. The fourth-order valence-corrected chi connectivity index (χ4v) is 2.92. The van der Waals surface area contributed by atoms with Crippen molar-refractivity contribution in [1.82, 2.24) is 5.32 Å². The molecule has 0 aliphatic rings. The topological polar surface area (TPSA) is 58.6 Å². The molecular weight excluding hydrogens is 326 g/mol. The largest absolute Gasteiger partial charge is 0.494 e. The summed E-state index contributed by atoms with van der Waals surface area (Å²) in [5.74, 6) is 0.205. The zero-order valence-corrected chi connectivity index (χ0v) is 16.5. The number of unbranched alkanes of at least 4 members (excludes halogenated alkanes) is 7. The van der Waals surface area contributed by atoms with E-state index in [4.69, 9.17) is 9.84 Å². The van der Waals surface area contributed by atoms with Crippen molar-refractivity contribution in [2.45, 2.75) is 77.6 Å². The lowest BCUT2D eigenvalue weighted by Crippen LogP contribution is -2.19. The molecule has 1 aromatic rings. The van der Waals surface area contributed by atoms with Crippen LogP contribution >= 0.6 is 0 Å². The summed E-state index contributed by atoms with van der Waals surface area (Å²) in [6.07, 6.45) is 12.7. The predicted octanol–water partition coefficient (Wildman–Crippen LogP) is 5.20. The first-order chi connectivity index (χ1) is 12.7. The molecule has 0 saturated heterocycles. The van der Waals surface area contributed by atoms with Crippen molar-refractivity contribution in [3.63, 3.8) is 0 Å². The third kappa shape index (κ3) is 12.8. The van der Waals surface area contributed by atoms with Gasteiger partial charge in [0.1, 0.15) is 5.75 Å². The highest BCUT2D eigenvalue weighted by molar-refractivity contribution is 5.66. The van der Waals surface area contributed by atoms with Gasteiger partial charge < -0.3 is 15.2 Å². The molecule has 0 fully saturated rings. The number of nitrogens with one attached hydrogen (secondary N) is 1. The molecule has 0 atom stereocenters. The Morgan fingerprint density at radius 2 is 1.58 bits per heavy atom. The molecule has 0 spiro atoms. The summed E-state index contributed by atoms with van der Waals surface area (Å²) in [5, 5.41) is 11.7. The van der Waals surface area contributed by atoms with E-state index in [1.807, 2.05) is 0 Å². The van der Waals surface area contributed by atoms with Gasteiger partial charge in [-0.15, -0.1) is 0 Å². The number of carboxylic acid groups (broad SMARTS) is 1. The number of benzene rings is 1. The van der Waals surface area contributed by atoms with Crippen LogP contribution < -0.4 is 10.1 Å². The molecule has 0 saturated carbocycles. The van der Waals surface area contributed by atoms with Crippen LogP contribution in [0.5, 0.6) is 5.75 Å². The van der Waals surface area contributed by atoms with Crippen LogP contribution in [0.1, 0.15) is 76.7 Å². The molecule has 0 bridgehead atoms. The van der Waals surface area contributed by atoms with Gasteiger partial charge in [0, 0.05) is 6.54 Å². The number of hydrogen-bond donors (Lipinski definition) is 2. The molecule has 2 N–H and O–H groups in total. The predicted molar refractivity (Wildman–Crippen MR) is 108 cm³/mol. The first-order valence-corrected chi connectivity index (χ1v) is 10.4. The van der Waals surface area contributed by atoms with Gasteiger partial charge in [-0.3, -0.25) is 4.79 Å². The van der Waals surface area contributed by atoms with Crippen molar-refractivity contribution in [3.8, 4) is 5.75 Å². The average Bonchev–Trinajstić information content (AvgIpc) is 2.64. The molecular formula is C22H37NO3. The number of hydrogen-bond acceptors (Lipinski definition) is 3. The molecule has 1 rings (SSSR count). The van der Waals surface area contributed by atoms with Gasteiger partial charge in [-0.1, -0.05) is 64.0 Å². The van der Waals surface area contributed by atoms with E-state index in [1.165, 1.54) is 50.5 Å². The van der Waals surface area contributed by atoms with E-state index in [-0.39, 0.29) is 6.42 Å². The van der Waals surface area contributed by atoms with Gasteiger partial charge in [-0.05, 0) is 43.5 Å². The minimum atomic E-state index is -0.750. The van der Waals surface area contributed by atoms with Crippen LogP contribution in [0, 0.1) is 0 Å². The molecule has 0 radical (unpaired) electrons. The first kappa shape index (κ1) is 22.5. The summed E-state index contributed by atoms with van der Waals surface area (Å²) < 4.78 is 5.82. The molecule has 0 heterocycles. The number of carbonyl (C=O) groups is 1. The van der Waals surface area contributed by atoms with Crippen LogP contribution in [-0.4, -0.2) is 30.8 Å². The minimum absolute atomic E-state index is 0.185. The lowest BCUT2D eigenvalue weighted by atomic mass is 10.1. The smallest absolute Gasteiger partial charge is 0.304 e. The summed E-state index contributed by atoms with van der Waals surface area (Å²) in [6.45, 7) is 4.46. The summed E-state index contributed by atoms with van der Waals surface area (Å²) in [5.41, 5.74) is 1.30. The zero-order chi connectivity index (χ0) is 18.9. The molecule has 4 nitrogen and oxygen atoms in total. The molecule has 0 aliphatic heterocycles. The number of ether oxygens (including phenoxy) is 1. The van der Waals surface area contributed by atoms with Crippen LogP contribution in [0.3, 0.4) is 0 Å². The molecule has 148 valence electrons. The Labute approximate surface area is 159 Å². The molecule has 0 amide bonds. The molecule has 0 aromatic heterocycles. The van der Waals surface area contributed by atoms with E-state index in [9.17, 15) is 4.79 Å². The van der Waals surface area contributed by atoms with Gasteiger partial charge in [0.15, 0.2) is 0 Å². The normalized spacial score (nSPS) is 10.8. The Morgan fingerprint density at radius 1 is 0.923 bits per heavy atom. The van der Waals surface area contributed by atoms with Gasteiger partial charge >= 0.3 is 5.97 Å². The van der Waals surface area contributed by atoms with Crippen LogP contribution in [0.15, 0.2) is 24.3 Å². The maximum Gasteiger partial charge on any atom is 0.304 e. The van der Waals surface area contributed by atoms with E-state index in [1.54, 1.807) is 0 Å². The van der Waals surface area contributed by atoms with Gasteiger partial charge in [-0.2, -0.15) is 0 Å². The fourth-order valence-electron chi connectivity index (χ4n) is 2.92. The van der Waals surface area contributed by atoms with Crippen molar-refractivity contribution >= 4 is 5.97 Å². The quantitative estimate of drug-likeness (QED) is 0.373. The molecule has 0 aliphatic carbocycles. The second-order valence-corrected chi connectivity index (χ2v) is 6.96. The lowest BCUT2D eigenvalue weighted by Gasteiger charge is -2.08. The molecule has 1 aromatic carbocycles. The van der Waals surface area contributed by atoms with E-state index in [2.05, 4.69) is 36.5 Å². The van der Waals surface area contributed by atoms with E-state index in [0.717, 1.165) is 38.2 Å². The lowest BCUT2D eigenvalue weighted by molar-refractivity contribution is -0.136. The van der Waals surface area contributed by atoms with Crippen LogP contribution in [0.2, 0.25) is 0 Å². The second-order valence-electron chi connectivity index (χ2n) is 6.96. The maximum atomic E-state index is 10.4. The number of aliphatic carboxylic acids is 1. The number of rotatable bonds is 17. The number of aryl methyl sites for hydroxylation is 1. The fraction of sp³-hybridized carbons (Fsp3) is 0.682. The van der Waals surface area contributed by atoms with E-state index >= 15 is 0 Å². The Hall–Kier alpha value is -1.55. The van der Waals surface area contributed by atoms with Crippen LogP contribution in [-0.2, 0) is 11.2 Å². The standard InChI is InChI=1S/C22H37NO3/c1-2-3-4-5-6-7-8-9-19-26-21-14-12-20(13-15-21)11-10-17-23-18-16-22(24)25/h12-15,23H,2-11,16-19H2,1H3,(H,24,25). The summed E-state index contributed by atoms with van der Waals surface area (Å²) in [7, 11) is 0. The van der Waals surface area contributed by atoms with Crippen molar-refractivity contribution in [2.24, 2.45) is 0 Å². The monoisotopic (exact) mass is 363 g/mol. The summed E-state index contributed by atoms with van der Waals surface area (Å²) in [6, 6.07) is 8.36. The highest BCUT2D eigenvalue weighted by Gasteiger charge is 1.98. The van der Waals surface area contributed by atoms with Crippen molar-refractivity contribution in [3.05, 3.63) is 29.8 Å². The summed E-state index contributed by atoms with van der Waals surface area (Å²) in [4.78, 5) is 10.4. The maximum absolute atomic E-state index is 10.4. The van der Waals surface area contributed by atoms with E-state index < -0.39 is 5.97 Å². The van der Waals surface area contributed by atoms with Gasteiger partial charge in [0.25, 0.3) is 0 Å². The first-order valence-electron chi connectivity index (χ1n) is 10.4. The van der Waals surface area contributed by atoms with Gasteiger partial charge in [0.2, 0.25) is 0 Å². The third-order valence-corrected chi connectivity index (χ3v) is 4.52. The van der Waals surface area contributed by atoms with Gasteiger partial charge in [-0.25, -0.2) is 0 Å². The Kier molecular flexibility index (Phi) is 13.6. The Bertz CT molecular complexity index is 459. The highest BCUT2D eigenvalue weighted by Crippen LogP contribution is 2.14. The zero-order valence-electron chi connectivity index (χ0n) is 16.5. The SMILES string of the molecule is CCCCCCCCCCOc1ccc(CCCNCCC(=O)O)cc1. The van der Waals surface area contributed by atoms with Gasteiger partial charge in [0.05, 0.1) is 13.0 Å². The minimum Gasteiger partial charge on any atom is -0.494 e. The molecule has 26 heavy (non-hydrogen) atoms. The van der Waals surface area contributed by atoms with Crippen molar-refractivity contribution in [1.29, 1.82) is 0 Å². The number of carboxylic acids is 1. The molecule has 0 unspecified atom stereocenters. The summed E-state index contributed by atoms with van der Waals surface area (Å²) >= 11 is 0. The van der Waals surface area contributed by atoms with Crippen LogP contribution in [0.25, 0.3) is 0 Å². The average molecular weight is 364 g/mol. The van der Waals surface area contributed by atoms with Crippen molar-refractivity contribution < 1.29 is 14.6 Å². The second kappa shape index (κ2) is 15.7. The molecule has 4 heteroatoms. The van der Waals surface area contributed by atoms with Crippen LogP contribution in [0.4, 0.5) is 0 Å².